The van der Waals surface area contributed by atoms with Crippen molar-refractivity contribution in [1.29, 1.82) is 0 Å². The van der Waals surface area contributed by atoms with Crippen LogP contribution in [-0.4, -0.2) is 93.4 Å². The van der Waals surface area contributed by atoms with E-state index in [0.717, 1.165) is 10.4 Å². The molecule has 0 spiro atoms. The summed E-state index contributed by atoms with van der Waals surface area (Å²) in [4.78, 5) is 33.8. The average molecular weight is 601 g/mol. The summed E-state index contributed by atoms with van der Waals surface area (Å²) in [6.07, 6.45) is 9.60. The fourth-order valence-electron chi connectivity index (χ4n) is 4.68. The predicted octanol–water partition coefficient (Wildman–Crippen LogP) is 2.31. The third-order valence-electron chi connectivity index (χ3n) is 6.53. The van der Waals surface area contributed by atoms with E-state index in [-0.39, 0.29) is 42.9 Å². The minimum Gasteiger partial charge on any atom is -0.373 e. The van der Waals surface area contributed by atoms with Crippen LogP contribution in [0.15, 0.2) is 37.1 Å². The van der Waals surface area contributed by atoms with Crippen LogP contribution in [0.2, 0.25) is 0 Å². The van der Waals surface area contributed by atoms with E-state index >= 15 is 0 Å². The zero-order chi connectivity index (χ0) is 29.3. The van der Waals surface area contributed by atoms with Crippen molar-refractivity contribution >= 4 is 49.2 Å². The third kappa shape index (κ3) is 7.16. The quantitative estimate of drug-likeness (QED) is 0.295. The molecule has 0 saturated carbocycles. The number of aromatic nitrogens is 5. The highest BCUT2D eigenvalue weighted by molar-refractivity contribution is 7.90. The lowest BCUT2D eigenvalue weighted by Gasteiger charge is -2.34. The SMILES string of the molecule is Cc1ncc(NC(=O)CN2CC(C)OC(C)C2)cc1NC(=O)c1cnn2cc(-c3cnn(CCS(C)(=O)=O)c3)sc12. The maximum absolute atomic E-state index is 13.3. The van der Waals surface area contributed by atoms with Crippen LogP contribution in [0, 0.1) is 6.92 Å². The van der Waals surface area contributed by atoms with Gasteiger partial charge in [-0.25, -0.2) is 12.9 Å². The van der Waals surface area contributed by atoms with Crippen molar-refractivity contribution in [3.05, 3.63) is 48.3 Å². The number of carbonyl (C=O) groups is 2. The smallest absolute Gasteiger partial charge is 0.260 e. The van der Waals surface area contributed by atoms with Crippen LogP contribution in [0.5, 0.6) is 0 Å². The third-order valence-corrected chi connectivity index (χ3v) is 8.62. The number of nitrogens with one attached hydrogen (secondary N) is 2. The minimum absolute atomic E-state index is 0.00220. The maximum atomic E-state index is 13.3. The Balaban J connectivity index is 1.26. The number of hydrogen-bond donors (Lipinski definition) is 2. The number of carbonyl (C=O) groups excluding carboxylic acids is 2. The molecule has 13 nitrogen and oxygen atoms in total. The Kier molecular flexibility index (Phi) is 8.22. The normalized spacial score (nSPS) is 18.0. The fourth-order valence-corrected chi connectivity index (χ4v) is 6.23. The molecule has 2 unspecified atom stereocenters. The molecule has 0 bridgehead atoms. The number of amides is 2. The van der Waals surface area contributed by atoms with Gasteiger partial charge in [-0.1, -0.05) is 0 Å². The van der Waals surface area contributed by atoms with Crippen molar-refractivity contribution in [2.24, 2.45) is 0 Å². The molecule has 41 heavy (non-hydrogen) atoms. The first kappa shape index (κ1) is 28.9. The molecule has 5 rings (SSSR count). The van der Waals surface area contributed by atoms with Gasteiger partial charge in [-0.2, -0.15) is 10.2 Å². The number of morpholine rings is 1. The number of sulfone groups is 1. The molecule has 1 fully saturated rings. The number of ether oxygens (including phenoxy) is 1. The van der Waals surface area contributed by atoms with E-state index < -0.39 is 9.84 Å². The molecule has 0 aromatic carbocycles. The van der Waals surface area contributed by atoms with Gasteiger partial charge in [-0.3, -0.25) is 24.2 Å². The largest absolute Gasteiger partial charge is 0.373 e. The lowest BCUT2D eigenvalue weighted by atomic mass is 10.2. The van der Waals surface area contributed by atoms with Gasteiger partial charge in [0.1, 0.15) is 14.7 Å². The fraction of sp³-hybridized carbons (Fsp3) is 0.423. The molecule has 1 aliphatic rings. The second-order valence-electron chi connectivity index (χ2n) is 10.3. The van der Waals surface area contributed by atoms with Crippen molar-refractivity contribution in [2.45, 2.75) is 39.5 Å². The summed E-state index contributed by atoms with van der Waals surface area (Å²) < 4.78 is 31.9. The Morgan fingerprint density at radius 3 is 2.59 bits per heavy atom. The number of nitrogens with zero attached hydrogens (tertiary/aromatic N) is 6. The van der Waals surface area contributed by atoms with Crippen LogP contribution in [0.4, 0.5) is 11.4 Å². The molecule has 2 atom stereocenters. The number of aryl methyl sites for hydroxylation is 2. The molecule has 4 aromatic rings. The van der Waals surface area contributed by atoms with E-state index in [1.54, 1.807) is 47.0 Å². The van der Waals surface area contributed by atoms with Crippen LogP contribution < -0.4 is 10.6 Å². The van der Waals surface area contributed by atoms with Gasteiger partial charge >= 0.3 is 0 Å². The summed E-state index contributed by atoms with van der Waals surface area (Å²) in [6, 6.07) is 1.69. The van der Waals surface area contributed by atoms with Gasteiger partial charge in [0.05, 0.1) is 77.2 Å². The molecule has 0 aliphatic carbocycles. The summed E-state index contributed by atoms with van der Waals surface area (Å²) in [6.45, 7) is 7.61. The molecule has 5 heterocycles. The summed E-state index contributed by atoms with van der Waals surface area (Å²) in [5.41, 5.74) is 2.74. The molecular weight excluding hydrogens is 568 g/mol. The predicted molar refractivity (Wildman–Crippen MR) is 156 cm³/mol. The Labute approximate surface area is 241 Å². The molecular formula is C26H32N8O5S2. The van der Waals surface area contributed by atoms with Crippen LogP contribution in [-0.2, 0) is 25.9 Å². The van der Waals surface area contributed by atoms with Crippen LogP contribution in [0.25, 0.3) is 15.3 Å². The zero-order valence-electron chi connectivity index (χ0n) is 23.2. The molecule has 218 valence electrons. The molecule has 1 saturated heterocycles. The van der Waals surface area contributed by atoms with Crippen molar-refractivity contribution in [3.63, 3.8) is 0 Å². The lowest BCUT2D eigenvalue weighted by molar-refractivity contribution is -0.121. The zero-order valence-corrected chi connectivity index (χ0v) is 24.8. The summed E-state index contributed by atoms with van der Waals surface area (Å²) >= 11 is 1.37. The van der Waals surface area contributed by atoms with Gasteiger partial charge in [0.25, 0.3) is 5.91 Å². The second-order valence-corrected chi connectivity index (χ2v) is 13.6. The Hall–Kier alpha value is -3.66. The van der Waals surface area contributed by atoms with Crippen LogP contribution >= 0.6 is 11.3 Å². The van der Waals surface area contributed by atoms with Crippen molar-refractivity contribution in [2.75, 3.05) is 42.3 Å². The number of hydrogen-bond acceptors (Lipinski definition) is 10. The van der Waals surface area contributed by atoms with Gasteiger partial charge in [0, 0.05) is 37.3 Å². The first-order chi connectivity index (χ1) is 19.4. The van der Waals surface area contributed by atoms with E-state index in [1.165, 1.54) is 23.8 Å². The van der Waals surface area contributed by atoms with Gasteiger partial charge in [0.15, 0.2) is 0 Å². The Morgan fingerprint density at radius 2 is 1.85 bits per heavy atom. The topological polar surface area (TPSA) is 153 Å². The number of anilines is 2. The van der Waals surface area contributed by atoms with E-state index in [2.05, 4.69) is 30.7 Å². The van der Waals surface area contributed by atoms with E-state index in [1.807, 2.05) is 13.8 Å². The number of pyridine rings is 1. The first-order valence-electron chi connectivity index (χ1n) is 13.1. The average Bonchev–Trinajstić information content (AvgIpc) is 3.59. The Bertz CT molecular complexity index is 1680. The number of fused-ring (bicyclic) bond motifs is 1. The van der Waals surface area contributed by atoms with Crippen LogP contribution in [0.1, 0.15) is 29.9 Å². The highest BCUT2D eigenvalue weighted by Crippen LogP contribution is 2.31. The van der Waals surface area contributed by atoms with E-state index in [4.69, 9.17) is 4.74 Å². The van der Waals surface area contributed by atoms with Crippen LogP contribution in [0.3, 0.4) is 0 Å². The summed E-state index contributed by atoms with van der Waals surface area (Å²) in [5.74, 6) is -0.530. The summed E-state index contributed by atoms with van der Waals surface area (Å²) in [7, 11) is -3.10. The molecule has 2 N–H and O–H groups in total. The van der Waals surface area contributed by atoms with Gasteiger partial charge in [-0.15, -0.1) is 11.3 Å². The molecule has 15 heteroatoms. The maximum Gasteiger partial charge on any atom is 0.260 e. The van der Waals surface area contributed by atoms with Gasteiger partial charge < -0.3 is 15.4 Å². The van der Waals surface area contributed by atoms with Gasteiger partial charge in [0.2, 0.25) is 5.91 Å². The molecule has 1 aliphatic heterocycles. The minimum atomic E-state index is -3.10. The highest BCUT2D eigenvalue weighted by atomic mass is 32.2. The van der Waals surface area contributed by atoms with Crippen molar-refractivity contribution in [3.8, 4) is 10.4 Å². The first-order valence-corrected chi connectivity index (χ1v) is 15.9. The van der Waals surface area contributed by atoms with E-state index in [9.17, 15) is 18.0 Å². The number of rotatable bonds is 9. The highest BCUT2D eigenvalue weighted by Gasteiger charge is 2.24. The Morgan fingerprint density at radius 1 is 1.10 bits per heavy atom. The van der Waals surface area contributed by atoms with Crippen molar-refractivity contribution in [1.82, 2.24) is 29.3 Å². The lowest BCUT2D eigenvalue weighted by Crippen LogP contribution is -2.48. The second kappa shape index (κ2) is 11.7. The number of thiazole rings is 1. The standard InChI is InChI=1S/C26H32N8O5S2/c1-16-11-32(12-17(2)39-16)15-24(35)30-20-7-22(18(3)27-9-20)31-25(36)21-10-29-34-14-23(40-26(21)34)19-8-28-33(13-19)5-6-41(4,37)38/h7-10,13-14,16-17H,5-6,11-12,15H2,1-4H3,(H,30,35)(H,31,36). The van der Waals surface area contributed by atoms with Crippen molar-refractivity contribution < 1.29 is 22.7 Å². The molecule has 4 aromatic heterocycles. The molecule has 2 amide bonds. The monoisotopic (exact) mass is 600 g/mol. The summed E-state index contributed by atoms with van der Waals surface area (Å²) in [5, 5.41) is 14.3. The van der Waals surface area contributed by atoms with E-state index in [0.29, 0.717) is 40.6 Å². The molecule has 0 radical (unpaired) electrons. The van der Waals surface area contributed by atoms with Gasteiger partial charge in [-0.05, 0) is 26.8 Å².